The molecule has 11 aromatic rings. The van der Waals surface area contributed by atoms with E-state index in [9.17, 15) is 0 Å². The lowest BCUT2D eigenvalue weighted by Gasteiger charge is -2.11. The van der Waals surface area contributed by atoms with Gasteiger partial charge in [0.25, 0.3) is 0 Å². The van der Waals surface area contributed by atoms with E-state index in [0.717, 1.165) is 33.9 Å². The molecule has 7 aromatic carbocycles. The lowest BCUT2D eigenvalue weighted by Crippen LogP contribution is -1.96. The Balaban J connectivity index is 1.15. The number of hydrogen-bond acceptors (Lipinski definition) is 2. The molecule has 4 heterocycles. The van der Waals surface area contributed by atoms with Gasteiger partial charge in [0.1, 0.15) is 0 Å². The Morgan fingerprint density at radius 2 is 0.882 bits per heavy atom. The van der Waals surface area contributed by atoms with E-state index in [4.69, 9.17) is 4.98 Å². The first-order chi connectivity index (χ1) is 25.3. The van der Waals surface area contributed by atoms with Crippen molar-refractivity contribution in [2.75, 3.05) is 0 Å². The van der Waals surface area contributed by atoms with Crippen molar-refractivity contribution in [1.29, 1.82) is 0 Å². The van der Waals surface area contributed by atoms with Gasteiger partial charge < -0.3 is 9.13 Å². The standard InChI is InChI=1S/C47H29N3S/c1-3-12-30(13-4-1)40-18-11-19-41(48-40)31-22-24-33(25-23-31)49-42-20-9-7-16-34(42)36-26-37-38-27-39-35-17-8-10-21-46(35)51-47(39)29-45(38)50(44(37)28-43(36)49)32-14-5-2-6-15-32/h1-29H. The summed E-state index contributed by atoms with van der Waals surface area (Å²) in [4.78, 5) is 5.02. The van der Waals surface area contributed by atoms with E-state index in [0.29, 0.717) is 0 Å². The Labute approximate surface area is 297 Å². The number of para-hydroxylation sites is 2. The quantitative estimate of drug-likeness (QED) is 0.183. The minimum atomic E-state index is 0.965. The highest BCUT2D eigenvalue weighted by molar-refractivity contribution is 7.25. The predicted molar refractivity (Wildman–Crippen MR) is 217 cm³/mol. The van der Waals surface area contributed by atoms with Crippen LogP contribution in [0.5, 0.6) is 0 Å². The number of aromatic nitrogens is 3. The maximum absolute atomic E-state index is 5.02. The van der Waals surface area contributed by atoms with Gasteiger partial charge in [-0.25, -0.2) is 4.98 Å². The molecule has 0 spiro atoms. The summed E-state index contributed by atoms with van der Waals surface area (Å²) in [6.07, 6.45) is 0. The molecule has 0 atom stereocenters. The SMILES string of the molecule is c1ccc(-c2cccc(-c3ccc(-n4c5ccccc5c5cc6c7cc8c(cc7n(-c7ccccc7)c6cc54)sc4ccccc48)cc3)n2)cc1. The first-order valence-corrected chi connectivity index (χ1v) is 18.1. The number of pyridine rings is 1. The molecule has 0 amide bonds. The van der Waals surface area contributed by atoms with Crippen molar-refractivity contribution in [3.8, 4) is 33.9 Å². The Hall–Kier alpha value is -6.49. The summed E-state index contributed by atoms with van der Waals surface area (Å²) in [5, 5.41) is 7.68. The van der Waals surface area contributed by atoms with Crippen LogP contribution in [0.2, 0.25) is 0 Å². The lowest BCUT2D eigenvalue weighted by molar-refractivity contribution is 1.16. The third-order valence-electron chi connectivity index (χ3n) is 10.3. The van der Waals surface area contributed by atoms with Gasteiger partial charge in [-0.05, 0) is 72.8 Å². The van der Waals surface area contributed by atoms with Crippen LogP contribution in [0.1, 0.15) is 0 Å². The van der Waals surface area contributed by atoms with Gasteiger partial charge >= 0.3 is 0 Å². The van der Waals surface area contributed by atoms with E-state index >= 15 is 0 Å². The van der Waals surface area contributed by atoms with Gasteiger partial charge in [0.05, 0.1) is 33.5 Å². The third-order valence-corrected chi connectivity index (χ3v) is 11.4. The van der Waals surface area contributed by atoms with E-state index < -0.39 is 0 Å². The lowest BCUT2D eigenvalue weighted by atomic mass is 10.1. The van der Waals surface area contributed by atoms with Crippen LogP contribution in [-0.2, 0) is 0 Å². The number of fused-ring (bicyclic) bond motifs is 9. The van der Waals surface area contributed by atoms with Crippen LogP contribution in [0.25, 0.3) is 97.7 Å². The van der Waals surface area contributed by atoms with Gasteiger partial charge in [0, 0.05) is 64.2 Å². The molecule has 0 aliphatic heterocycles. The summed E-state index contributed by atoms with van der Waals surface area (Å²) in [5.41, 5.74) is 11.3. The maximum atomic E-state index is 5.02. The van der Waals surface area contributed by atoms with Gasteiger partial charge in [-0.2, -0.15) is 0 Å². The molecule has 4 heteroatoms. The molecular weight excluding hydrogens is 639 g/mol. The second-order valence-electron chi connectivity index (χ2n) is 13.2. The van der Waals surface area contributed by atoms with Crippen LogP contribution in [0, 0.1) is 0 Å². The number of hydrogen-bond donors (Lipinski definition) is 0. The molecule has 0 unspecified atom stereocenters. The van der Waals surface area contributed by atoms with Crippen molar-refractivity contribution >= 4 is 75.1 Å². The van der Waals surface area contributed by atoms with Crippen LogP contribution in [0.4, 0.5) is 0 Å². The van der Waals surface area contributed by atoms with Crippen molar-refractivity contribution in [1.82, 2.24) is 14.1 Å². The van der Waals surface area contributed by atoms with Crippen LogP contribution < -0.4 is 0 Å². The second-order valence-corrected chi connectivity index (χ2v) is 14.3. The molecule has 0 N–H and O–H groups in total. The third kappa shape index (κ3) is 4.33. The highest BCUT2D eigenvalue weighted by Crippen LogP contribution is 2.43. The fourth-order valence-electron chi connectivity index (χ4n) is 7.98. The van der Waals surface area contributed by atoms with E-state index in [1.165, 1.54) is 63.8 Å². The molecule has 0 saturated heterocycles. The zero-order chi connectivity index (χ0) is 33.5. The molecule has 0 fully saturated rings. The van der Waals surface area contributed by atoms with Gasteiger partial charge in [0.15, 0.2) is 0 Å². The Morgan fingerprint density at radius 3 is 1.65 bits per heavy atom. The summed E-state index contributed by atoms with van der Waals surface area (Å²) in [7, 11) is 0. The molecule has 0 aliphatic rings. The van der Waals surface area contributed by atoms with E-state index in [1.807, 2.05) is 17.4 Å². The summed E-state index contributed by atoms with van der Waals surface area (Å²) in [6.45, 7) is 0. The van der Waals surface area contributed by atoms with Crippen molar-refractivity contribution in [3.63, 3.8) is 0 Å². The van der Waals surface area contributed by atoms with E-state index in [-0.39, 0.29) is 0 Å². The normalized spacial score (nSPS) is 11.9. The van der Waals surface area contributed by atoms with Crippen molar-refractivity contribution < 1.29 is 0 Å². The fourth-order valence-corrected chi connectivity index (χ4v) is 9.10. The topological polar surface area (TPSA) is 22.8 Å². The van der Waals surface area contributed by atoms with Crippen LogP contribution >= 0.6 is 11.3 Å². The molecular formula is C47H29N3S. The zero-order valence-corrected chi connectivity index (χ0v) is 28.3. The molecule has 4 aromatic heterocycles. The fraction of sp³-hybridized carbons (Fsp3) is 0. The Morgan fingerprint density at radius 1 is 0.333 bits per heavy atom. The minimum Gasteiger partial charge on any atom is -0.309 e. The second kappa shape index (κ2) is 11.0. The Kier molecular flexibility index (Phi) is 6.12. The van der Waals surface area contributed by atoms with Crippen LogP contribution in [0.15, 0.2) is 176 Å². The molecule has 238 valence electrons. The number of nitrogens with zero attached hydrogens (tertiary/aromatic N) is 3. The molecule has 3 nitrogen and oxygen atoms in total. The minimum absolute atomic E-state index is 0.965. The molecule has 0 aliphatic carbocycles. The molecule has 0 bridgehead atoms. The molecule has 51 heavy (non-hydrogen) atoms. The summed E-state index contributed by atoms with van der Waals surface area (Å²) >= 11 is 1.87. The van der Waals surface area contributed by atoms with Gasteiger partial charge in [-0.1, -0.05) is 103 Å². The van der Waals surface area contributed by atoms with Crippen molar-refractivity contribution in [3.05, 3.63) is 176 Å². The Bertz CT molecular complexity index is 3110. The number of rotatable bonds is 4. The van der Waals surface area contributed by atoms with Crippen molar-refractivity contribution in [2.45, 2.75) is 0 Å². The van der Waals surface area contributed by atoms with Crippen molar-refractivity contribution in [2.24, 2.45) is 0 Å². The van der Waals surface area contributed by atoms with Crippen LogP contribution in [-0.4, -0.2) is 14.1 Å². The van der Waals surface area contributed by atoms with Crippen LogP contribution in [0.3, 0.4) is 0 Å². The average Bonchev–Trinajstić information content (AvgIpc) is 3.83. The summed E-state index contributed by atoms with van der Waals surface area (Å²) in [5.74, 6) is 0. The van der Waals surface area contributed by atoms with E-state index in [2.05, 4.69) is 179 Å². The first kappa shape index (κ1) is 28.4. The van der Waals surface area contributed by atoms with Gasteiger partial charge in [-0.15, -0.1) is 11.3 Å². The monoisotopic (exact) mass is 667 g/mol. The summed E-state index contributed by atoms with van der Waals surface area (Å²) in [6, 6.07) is 63.5. The molecule has 0 radical (unpaired) electrons. The number of benzene rings is 7. The highest BCUT2D eigenvalue weighted by Gasteiger charge is 2.20. The largest absolute Gasteiger partial charge is 0.309 e. The predicted octanol–water partition coefficient (Wildman–Crippen LogP) is 13.0. The summed E-state index contributed by atoms with van der Waals surface area (Å²) < 4.78 is 7.50. The maximum Gasteiger partial charge on any atom is 0.0709 e. The van der Waals surface area contributed by atoms with Gasteiger partial charge in [0.2, 0.25) is 0 Å². The smallest absolute Gasteiger partial charge is 0.0709 e. The zero-order valence-electron chi connectivity index (χ0n) is 27.5. The van der Waals surface area contributed by atoms with E-state index in [1.54, 1.807) is 0 Å². The molecule has 11 rings (SSSR count). The van der Waals surface area contributed by atoms with Gasteiger partial charge in [-0.3, -0.25) is 0 Å². The first-order valence-electron chi connectivity index (χ1n) is 17.3. The molecule has 0 saturated carbocycles. The number of thiophene rings is 1. The highest BCUT2D eigenvalue weighted by atomic mass is 32.1. The average molecular weight is 668 g/mol.